The molecule has 0 saturated heterocycles. The third kappa shape index (κ3) is 1.59. The van der Waals surface area contributed by atoms with Crippen molar-refractivity contribution in [2.75, 3.05) is 7.05 Å². The molecule has 0 bridgehead atoms. The molecule has 1 heterocycles. The maximum absolute atomic E-state index is 3.48. The van der Waals surface area contributed by atoms with Crippen molar-refractivity contribution >= 4 is 27.3 Å². The van der Waals surface area contributed by atoms with Crippen molar-refractivity contribution in [3.05, 3.63) is 20.8 Å². The zero-order chi connectivity index (χ0) is 7.56. The summed E-state index contributed by atoms with van der Waals surface area (Å²) in [4.78, 5) is 0. The molecule has 0 radical (unpaired) electrons. The largest absolute Gasteiger partial charge is 0.313 e. The average Bonchev–Trinajstić information content (AvgIpc) is 2.34. The molecule has 0 aromatic carbocycles. The predicted molar refractivity (Wildman–Crippen MR) is 49.5 cm³/mol. The molecule has 0 fully saturated rings. The van der Waals surface area contributed by atoms with Crippen LogP contribution in [0, 0.1) is 0 Å². The van der Waals surface area contributed by atoms with Crippen molar-refractivity contribution in [3.63, 3.8) is 0 Å². The van der Waals surface area contributed by atoms with Gasteiger partial charge in [-0.3, -0.25) is 0 Å². The Labute approximate surface area is 73.6 Å². The number of thiophene rings is 1. The molecule has 10 heavy (non-hydrogen) atoms. The van der Waals surface area contributed by atoms with Crippen molar-refractivity contribution in [2.45, 2.75) is 13.0 Å². The molecule has 1 aromatic rings. The number of hydrogen-bond donors (Lipinski definition) is 1. The first-order valence-corrected chi connectivity index (χ1v) is 4.88. The highest BCUT2D eigenvalue weighted by Gasteiger charge is 2.06. The Morgan fingerprint density at radius 2 is 2.30 bits per heavy atom. The summed E-state index contributed by atoms with van der Waals surface area (Å²) in [5.41, 5.74) is 1.34. The summed E-state index contributed by atoms with van der Waals surface area (Å²) in [7, 11) is 1.97. The van der Waals surface area contributed by atoms with Gasteiger partial charge in [-0.2, -0.15) is 11.3 Å². The Morgan fingerprint density at radius 1 is 1.60 bits per heavy atom. The number of halogens is 1. The molecule has 1 aromatic heterocycles. The highest BCUT2D eigenvalue weighted by Crippen LogP contribution is 2.26. The summed E-state index contributed by atoms with van der Waals surface area (Å²) in [5.74, 6) is 0. The van der Waals surface area contributed by atoms with Crippen LogP contribution in [0.5, 0.6) is 0 Å². The Kier molecular flexibility index (Phi) is 2.89. The third-order valence-corrected chi connectivity index (χ3v) is 3.29. The normalized spacial score (nSPS) is 13.5. The summed E-state index contributed by atoms with van der Waals surface area (Å²) in [6, 6.07) is 0.445. The zero-order valence-corrected chi connectivity index (χ0v) is 8.42. The highest BCUT2D eigenvalue weighted by atomic mass is 79.9. The number of rotatable bonds is 2. The van der Waals surface area contributed by atoms with Crippen LogP contribution in [0.2, 0.25) is 0 Å². The van der Waals surface area contributed by atoms with E-state index >= 15 is 0 Å². The first kappa shape index (κ1) is 8.24. The second-order valence-electron chi connectivity index (χ2n) is 2.19. The van der Waals surface area contributed by atoms with Crippen LogP contribution >= 0.6 is 27.3 Å². The van der Waals surface area contributed by atoms with Gasteiger partial charge in [0, 0.05) is 15.9 Å². The van der Waals surface area contributed by atoms with Crippen LogP contribution in [0.25, 0.3) is 0 Å². The molecule has 1 atom stereocenters. The van der Waals surface area contributed by atoms with Crippen molar-refractivity contribution in [3.8, 4) is 0 Å². The molecule has 0 amide bonds. The molecular weight excluding hydrogens is 210 g/mol. The van der Waals surface area contributed by atoms with Gasteiger partial charge in [0.1, 0.15) is 0 Å². The molecule has 0 aliphatic heterocycles. The Morgan fingerprint density at radius 3 is 2.70 bits per heavy atom. The van der Waals surface area contributed by atoms with Crippen LogP contribution in [0.15, 0.2) is 15.2 Å². The summed E-state index contributed by atoms with van der Waals surface area (Å²) in [6.07, 6.45) is 0. The van der Waals surface area contributed by atoms with Crippen molar-refractivity contribution in [1.82, 2.24) is 5.32 Å². The van der Waals surface area contributed by atoms with Crippen molar-refractivity contribution < 1.29 is 0 Å². The lowest BCUT2D eigenvalue weighted by Crippen LogP contribution is -2.11. The van der Waals surface area contributed by atoms with Gasteiger partial charge < -0.3 is 5.32 Å². The van der Waals surface area contributed by atoms with Crippen LogP contribution < -0.4 is 5.32 Å². The second-order valence-corrected chi connectivity index (χ2v) is 3.78. The van der Waals surface area contributed by atoms with Crippen molar-refractivity contribution in [1.29, 1.82) is 0 Å². The van der Waals surface area contributed by atoms with Crippen LogP contribution in [-0.2, 0) is 0 Å². The van der Waals surface area contributed by atoms with Crippen LogP contribution in [0.3, 0.4) is 0 Å². The first-order valence-electron chi connectivity index (χ1n) is 3.14. The second kappa shape index (κ2) is 3.51. The van der Waals surface area contributed by atoms with E-state index in [1.807, 2.05) is 7.05 Å². The lowest BCUT2D eigenvalue weighted by atomic mass is 10.2. The minimum atomic E-state index is 0.445. The van der Waals surface area contributed by atoms with E-state index in [0.717, 1.165) is 0 Å². The molecule has 56 valence electrons. The molecule has 3 heteroatoms. The fourth-order valence-corrected chi connectivity index (χ4v) is 2.49. The van der Waals surface area contributed by atoms with Gasteiger partial charge in [0.25, 0.3) is 0 Å². The summed E-state index contributed by atoms with van der Waals surface area (Å²) in [5, 5.41) is 7.44. The van der Waals surface area contributed by atoms with Crippen molar-refractivity contribution in [2.24, 2.45) is 0 Å². The van der Waals surface area contributed by atoms with E-state index in [9.17, 15) is 0 Å². The molecule has 0 aliphatic rings. The maximum atomic E-state index is 3.48. The van der Waals surface area contributed by atoms with Gasteiger partial charge >= 0.3 is 0 Å². The molecule has 0 spiro atoms. The topological polar surface area (TPSA) is 12.0 Å². The van der Waals surface area contributed by atoms with E-state index in [1.165, 1.54) is 10.0 Å². The summed E-state index contributed by atoms with van der Waals surface area (Å²) in [6.45, 7) is 2.15. The van der Waals surface area contributed by atoms with Gasteiger partial charge in [0.05, 0.1) is 0 Å². The van der Waals surface area contributed by atoms with Gasteiger partial charge in [0.2, 0.25) is 0 Å². The van der Waals surface area contributed by atoms with Gasteiger partial charge in [-0.05, 0) is 40.8 Å². The van der Waals surface area contributed by atoms with E-state index in [-0.39, 0.29) is 0 Å². The van der Waals surface area contributed by atoms with Gasteiger partial charge in [-0.15, -0.1) is 0 Å². The van der Waals surface area contributed by atoms with Crippen LogP contribution in [-0.4, -0.2) is 7.05 Å². The Balaban J connectivity index is 2.82. The lowest BCUT2D eigenvalue weighted by Gasteiger charge is -2.07. The molecule has 1 nitrogen and oxygen atoms in total. The van der Waals surface area contributed by atoms with E-state index in [0.29, 0.717) is 6.04 Å². The highest BCUT2D eigenvalue weighted by molar-refractivity contribution is 9.10. The van der Waals surface area contributed by atoms with E-state index in [2.05, 4.69) is 38.9 Å². The van der Waals surface area contributed by atoms with E-state index in [1.54, 1.807) is 11.3 Å². The minimum absolute atomic E-state index is 0.445. The third-order valence-electron chi connectivity index (χ3n) is 1.54. The number of hydrogen-bond acceptors (Lipinski definition) is 2. The van der Waals surface area contributed by atoms with Crippen LogP contribution in [0.4, 0.5) is 0 Å². The monoisotopic (exact) mass is 219 g/mol. The molecular formula is C7H10BrNS. The molecule has 1 unspecified atom stereocenters. The lowest BCUT2D eigenvalue weighted by molar-refractivity contribution is 0.652. The predicted octanol–water partition coefficient (Wildman–Crippen LogP) is 2.79. The SMILES string of the molecule is CNC(C)c1cscc1Br. The first-order chi connectivity index (χ1) is 4.75. The number of nitrogens with one attached hydrogen (secondary N) is 1. The van der Waals surface area contributed by atoms with E-state index in [4.69, 9.17) is 0 Å². The Bertz CT molecular complexity index is 209. The fourth-order valence-electron chi connectivity index (χ4n) is 0.756. The minimum Gasteiger partial charge on any atom is -0.313 e. The summed E-state index contributed by atoms with van der Waals surface area (Å²) < 4.78 is 1.21. The smallest absolute Gasteiger partial charge is 0.0330 e. The maximum Gasteiger partial charge on any atom is 0.0330 e. The quantitative estimate of drug-likeness (QED) is 0.808. The van der Waals surface area contributed by atoms with Gasteiger partial charge in [-0.25, -0.2) is 0 Å². The zero-order valence-electron chi connectivity index (χ0n) is 6.02. The summed E-state index contributed by atoms with van der Waals surface area (Å²) >= 11 is 5.20. The average molecular weight is 220 g/mol. The molecule has 0 aliphatic carbocycles. The van der Waals surface area contributed by atoms with Gasteiger partial charge in [0.15, 0.2) is 0 Å². The van der Waals surface area contributed by atoms with Gasteiger partial charge in [-0.1, -0.05) is 0 Å². The van der Waals surface area contributed by atoms with E-state index < -0.39 is 0 Å². The molecule has 1 rings (SSSR count). The van der Waals surface area contributed by atoms with Crippen LogP contribution in [0.1, 0.15) is 18.5 Å². The standard InChI is InChI=1S/C7H10BrNS/c1-5(9-2)6-3-10-4-7(6)8/h3-5,9H,1-2H3. The Hall–Kier alpha value is 0.140. The molecule has 1 N–H and O–H groups in total. The molecule has 0 saturated carbocycles. The fraction of sp³-hybridized carbons (Fsp3) is 0.429.